The maximum Gasteiger partial charge on any atom is 0.229 e. The van der Waals surface area contributed by atoms with E-state index in [4.69, 9.17) is 20.4 Å². The van der Waals surface area contributed by atoms with Crippen molar-refractivity contribution in [2.45, 2.75) is 18.8 Å². The number of hydrogen-bond acceptors (Lipinski definition) is 10. The first-order valence-electron chi connectivity index (χ1n) is 13.1. The number of pyridine rings is 1. The van der Waals surface area contributed by atoms with Crippen molar-refractivity contribution < 1.29 is 4.74 Å². The molecule has 0 saturated carbocycles. The fraction of sp³-hybridized carbons (Fsp3) is 0.464. The van der Waals surface area contributed by atoms with E-state index >= 15 is 0 Å². The van der Waals surface area contributed by atoms with E-state index in [2.05, 4.69) is 70.1 Å². The highest BCUT2D eigenvalue weighted by molar-refractivity contribution is 5.79. The van der Waals surface area contributed by atoms with Crippen LogP contribution in [0, 0.1) is 6.92 Å². The molecule has 4 heterocycles. The molecule has 0 aliphatic carbocycles. The van der Waals surface area contributed by atoms with Crippen LogP contribution in [0.25, 0.3) is 0 Å². The van der Waals surface area contributed by atoms with Crippen molar-refractivity contribution in [2.75, 3.05) is 88.9 Å². The van der Waals surface area contributed by atoms with Crippen molar-refractivity contribution >= 4 is 34.5 Å². The molecule has 3 N–H and O–H groups in total. The third-order valence-electron chi connectivity index (χ3n) is 7.62. The van der Waals surface area contributed by atoms with Crippen LogP contribution in [0.3, 0.4) is 0 Å². The first kappa shape index (κ1) is 26.0. The monoisotopic (exact) mass is 517 g/mol. The number of fused-ring (bicyclic) bond motifs is 2. The number of benzene rings is 1. The Bertz CT molecular complexity index is 1310. The van der Waals surface area contributed by atoms with Gasteiger partial charge in [-0.25, -0.2) is 4.98 Å². The lowest BCUT2D eigenvalue weighted by Crippen LogP contribution is -2.35. The van der Waals surface area contributed by atoms with Crippen molar-refractivity contribution in [2.24, 2.45) is 0 Å². The summed E-state index contributed by atoms with van der Waals surface area (Å²) < 4.78 is 5.72. The number of anilines is 6. The predicted molar refractivity (Wildman–Crippen MR) is 154 cm³/mol. The first-order chi connectivity index (χ1) is 18.2. The molecule has 10 heteroatoms. The summed E-state index contributed by atoms with van der Waals surface area (Å²) in [6.07, 6.45) is 2.88. The fourth-order valence-electron chi connectivity index (χ4n) is 5.56. The maximum absolute atomic E-state index is 6.47. The molecule has 3 aromatic rings. The average Bonchev–Trinajstić information content (AvgIpc) is 3.42. The number of likely N-dealkylation sites (N-methyl/N-ethyl adjacent to an activating group) is 3. The summed E-state index contributed by atoms with van der Waals surface area (Å²) in [6, 6.07) is 10.1. The second-order valence-corrected chi connectivity index (χ2v) is 10.9. The Hall–Kier alpha value is -3.63. The summed E-state index contributed by atoms with van der Waals surface area (Å²) in [7, 11) is 10.00. The number of likely N-dealkylation sites (tertiary alicyclic amines) is 1. The molecule has 0 amide bonds. The second kappa shape index (κ2) is 10.3. The van der Waals surface area contributed by atoms with Gasteiger partial charge in [-0.1, -0.05) is 0 Å². The topological polar surface area (TPSA) is 98.9 Å². The van der Waals surface area contributed by atoms with Crippen molar-refractivity contribution in [3.63, 3.8) is 0 Å². The third kappa shape index (κ3) is 4.93. The minimum Gasteiger partial charge on any atom is -0.494 e. The van der Waals surface area contributed by atoms with Crippen LogP contribution in [-0.4, -0.2) is 92.8 Å². The summed E-state index contributed by atoms with van der Waals surface area (Å²) in [5.74, 6) is 2.01. The van der Waals surface area contributed by atoms with Gasteiger partial charge in [-0.05, 0) is 65.3 Å². The minimum absolute atomic E-state index is 0.0146. The van der Waals surface area contributed by atoms with E-state index in [1.165, 1.54) is 5.69 Å². The highest BCUT2D eigenvalue weighted by Crippen LogP contribution is 2.47. The van der Waals surface area contributed by atoms with E-state index in [-0.39, 0.29) is 5.41 Å². The van der Waals surface area contributed by atoms with Crippen molar-refractivity contribution in [1.29, 1.82) is 0 Å². The second-order valence-electron chi connectivity index (χ2n) is 10.9. The molecule has 0 bridgehead atoms. The molecule has 2 aliphatic heterocycles. The van der Waals surface area contributed by atoms with Gasteiger partial charge < -0.3 is 35.4 Å². The zero-order chi connectivity index (χ0) is 27.0. The molecular weight excluding hydrogens is 478 g/mol. The molecule has 0 radical (unpaired) electrons. The smallest absolute Gasteiger partial charge is 0.229 e. The number of aryl methyl sites for hydroxylation is 1. The fourth-order valence-corrected chi connectivity index (χ4v) is 5.56. The van der Waals surface area contributed by atoms with Crippen molar-refractivity contribution in [3.8, 4) is 5.75 Å². The van der Waals surface area contributed by atoms with Gasteiger partial charge in [0, 0.05) is 56.6 Å². The molecule has 1 atom stereocenters. The van der Waals surface area contributed by atoms with Crippen LogP contribution < -0.4 is 25.6 Å². The Morgan fingerprint density at radius 3 is 2.63 bits per heavy atom. The number of nitrogens with zero attached hydrogens (tertiary/aromatic N) is 7. The van der Waals surface area contributed by atoms with Gasteiger partial charge in [-0.2, -0.15) is 4.98 Å². The number of ether oxygens (including phenoxy) is 1. The Morgan fingerprint density at radius 2 is 1.92 bits per heavy atom. The van der Waals surface area contributed by atoms with Crippen LogP contribution in [0.5, 0.6) is 5.75 Å². The largest absolute Gasteiger partial charge is 0.494 e. The summed E-state index contributed by atoms with van der Waals surface area (Å²) in [5, 5.41) is 3.34. The Labute approximate surface area is 225 Å². The summed E-state index contributed by atoms with van der Waals surface area (Å²) >= 11 is 0. The van der Waals surface area contributed by atoms with Gasteiger partial charge in [0.2, 0.25) is 5.95 Å². The van der Waals surface area contributed by atoms with Crippen LogP contribution in [-0.2, 0) is 5.41 Å². The Morgan fingerprint density at radius 1 is 1.11 bits per heavy atom. The van der Waals surface area contributed by atoms with Gasteiger partial charge in [0.15, 0.2) is 0 Å². The number of nitrogen functional groups attached to an aromatic ring is 1. The molecule has 38 heavy (non-hydrogen) atoms. The first-order valence-corrected chi connectivity index (χ1v) is 13.1. The van der Waals surface area contributed by atoms with Crippen molar-refractivity contribution in [3.05, 3.63) is 47.9 Å². The van der Waals surface area contributed by atoms with Gasteiger partial charge in [0.25, 0.3) is 0 Å². The van der Waals surface area contributed by atoms with Crippen LogP contribution >= 0.6 is 0 Å². The number of aromatic nitrogens is 3. The average molecular weight is 518 g/mol. The Kier molecular flexibility index (Phi) is 7.02. The SMILES string of the molecule is COc1cc(N(C)CCN(C)C)c(N)cc1Nc1nccc(N2CC3(CCN(C)C3)c3nc(C)ccc32)n1. The van der Waals surface area contributed by atoms with Crippen LogP contribution in [0.1, 0.15) is 17.8 Å². The lowest BCUT2D eigenvalue weighted by Gasteiger charge is -2.25. The Balaban J connectivity index is 1.42. The number of nitrogens with one attached hydrogen (secondary N) is 1. The normalized spacial score (nSPS) is 18.9. The predicted octanol–water partition coefficient (Wildman–Crippen LogP) is 3.24. The van der Waals surface area contributed by atoms with E-state index in [9.17, 15) is 0 Å². The molecule has 1 saturated heterocycles. The van der Waals surface area contributed by atoms with E-state index in [1.807, 2.05) is 25.2 Å². The van der Waals surface area contributed by atoms with Gasteiger partial charge in [-0.15, -0.1) is 0 Å². The van der Waals surface area contributed by atoms with Crippen molar-refractivity contribution in [1.82, 2.24) is 24.8 Å². The molecule has 1 aromatic carbocycles. The lowest BCUT2D eigenvalue weighted by atomic mass is 9.85. The number of rotatable bonds is 8. The van der Waals surface area contributed by atoms with Crippen LogP contribution in [0.4, 0.5) is 34.5 Å². The molecule has 5 rings (SSSR count). The molecule has 2 aliphatic rings. The lowest BCUT2D eigenvalue weighted by molar-refractivity contribution is 0.375. The van der Waals surface area contributed by atoms with Gasteiger partial charge in [-0.3, -0.25) is 4.98 Å². The molecule has 10 nitrogen and oxygen atoms in total. The quantitative estimate of drug-likeness (QED) is 0.433. The molecule has 202 valence electrons. The third-order valence-corrected chi connectivity index (χ3v) is 7.62. The molecule has 1 spiro atoms. The zero-order valence-corrected chi connectivity index (χ0v) is 23.3. The number of methoxy groups -OCH3 is 1. The molecule has 1 unspecified atom stereocenters. The summed E-state index contributed by atoms with van der Waals surface area (Å²) in [4.78, 5) is 23.4. The number of hydrogen-bond donors (Lipinski definition) is 2. The van der Waals surface area contributed by atoms with Gasteiger partial charge in [0.1, 0.15) is 11.6 Å². The zero-order valence-electron chi connectivity index (χ0n) is 23.3. The van der Waals surface area contributed by atoms with E-state index in [1.54, 1.807) is 13.3 Å². The van der Waals surface area contributed by atoms with Crippen LogP contribution in [0.2, 0.25) is 0 Å². The highest BCUT2D eigenvalue weighted by Gasteiger charge is 2.48. The van der Waals surface area contributed by atoms with Gasteiger partial charge >= 0.3 is 0 Å². The summed E-state index contributed by atoms with van der Waals surface area (Å²) in [5.41, 5.74) is 12.1. The molecule has 1 fully saturated rings. The summed E-state index contributed by atoms with van der Waals surface area (Å²) in [6.45, 7) is 6.75. The van der Waals surface area contributed by atoms with Crippen LogP contribution in [0.15, 0.2) is 36.5 Å². The van der Waals surface area contributed by atoms with Gasteiger partial charge in [0.05, 0.1) is 35.6 Å². The standard InChI is InChI=1S/C28H39N9O/c1-19-7-8-22-26(31-19)28(10-12-35(4)17-28)18-37(22)25-9-11-30-27(33-25)32-21-15-20(29)23(16-24(21)38-6)36(5)14-13-34(2)3/h7-9,11,15-16H,10,12-14,17-18,29H2,1-6H3,(H,30,32,33). The van der Waals surface area contributed by atoms with E-state index in [0.29, 0.717) is 17.4 Å². The van der Waals surface area contributed by atoms with E-state index in [0.717, 1.165) is 67.7 Å². The highest BCUT2D eigenvalue weighted by atomic mass is 16.5. The molecule has 2 aromatic heterocycles. The minimum atomic E-state index is 0.0146. The van der Waals surface area contributed by atoms with E-state index < -0.39 is 0 Å². The maximum atomic E-state index is 6.47. The molecular formula is C28H39N9O. The number of nitrogens with two attached hydrogens (primary N) is 1.